The number of nitro groups is 1. The fraction of sp³-hybridized carbons (Fsp3) is 0.231. The molecule has 0 heterocycles. The van der Waals surface area contributed by atoms with Gasteiger partial charge in [-0.05, 0) is 19.9 Å². The molecule has 21 heavy (non-hydrogen) atoms. The number of carbonyl (C=O) groups excluding carboxylic acids is 2. The van der Waals surface area contributed by atoms with E-state index in [0.29, 0.717) is 0 Å². The number of carbonyl (C=O) groups is 2. The van der Waals surface area contributed by atoms with Gasteiger partial charge >= 0.3 is 5.97 Å². The van der Waals surface area contributed by atoms with Crippen molar-refractivity contribution < 1.29 is 19.2 Å². The maximum atomic E-state index is 11.6. The summed E-state index contributed by atoms with van der Waals surface area (Å²) in [6.45, 7) is 2.91. The third kappa shape index (κ3) is 5.62. The van der Waals surface area contributed by atoms with Crippen molar-refractivity contribution in [2.24, 2.45) is 0 Å². The number of halogens is 1. The normalized spacial score (nSPS) is 9.67. The van der Waals surface area contributed by atoms with Crippen molar-refractivity contribution >= 4 is 34.9 Å². The Morgan fingerprint density at radius 3 is 2.67 bits per heavy atom. The summed E-state index contributed by atoms with van der Waals surface area (Å²) in [6.07, 6.45) is 1.24. The molecule has 0 unspecified atom stereocenters. The molecule has 0 spiro atoms. The molecule has 0 saturated heterocycles. The minimum atomic E-state index is -0.645. The van der Waals surface area contributed by atoms with Crippen molar-refractivity contribution in [1.29, 1.82) is 0 Å². The fourth-order valence-corrected chi connectivity index (χ4v) is 1.49. The molecule has 0 fully saturated rings. The first-order chi connectivity index (χ1) is 9.79. The molecule has 0 atom stereocenters. The number of hydrogen-bond acceptors (Lipinski definition) is 5. The van der Waals surface area contributed by atoms with Crippen molar-refractivity contribution in [3.63, 3.8) is 0 Å². The van der Waals surface area contributed by atoms with Gasteiger partial charge in [0.25, 0.3) is 11.6 Å². The lowest BCUT2D eigenvalue weighted by Gasteiger charge is -2.07. The summed E-state index contributed by atoms with van der Waals surface area (Å²) >= 11 is 5.82. The maximum Gasteiger partial charge on any atom is 0.331 e. The summed E-state index contributed by atoms with van der Waals surface area (Å²) < 4.78 is 4.70. The third-order valence-corrected chi connectivity index (χ3v) is 2.52. The first-order valence-corrected chi connectivity index (χ1v) is 6.23. The van der Waals surface area contributed by atoms with E-state index in [4.69, 9.17) is 16.3 Å². The number of nitrogens with zero attached hydrogens (tertiary/aromatic N) is 1. The van der Waals surface area contributed by atoms with Crippen LogP contribution in [0.5, 0.6) is 0 Å². The zero-order chi connectivity index (χ0) is 16.0. The van der Waals surface area contributed by atoms with Crippen LogP contribution in [0.3, 0.4) is 0 Å². The van der Waals surface area contributed by atoms with Gasteiger partial charge in [0.15, 0.2) is 6.61 Å². The first kappa shape index (κ1) is 16.6. The van der Waals surface area contributed by atoms with E-state index in [1.165, 1.54) is 18.2 Å². The highest BCUT2D eigenvalue weighted by molar-refractivity contribution is 6.33. The number of allylic oxidation sites excluding steroid dienone is 1. The summed E-state index contributed by atoms with van der Waals surface area (Å²) in [6, 6.07) is 3.63. The minimum absolute atomic E-state index is 0.0779. The van der Waals surface area contributed by atoms with Gasteiger partial charge in [0.2, 0.25) is 0 Å². The van der Waals surface area contributed by atoms with Crippen molar-refractivity contribution in [2.45, 2.75) is 13.8 Å². The molecule has 1 aromatic carbocycles. The van der Waals surface area contributed by atoms with Gasteiger partial charge in [-0.2, -0.15) is 0 Å². The van der Waals surface area contributed by atoms with Crippen LogP contribution in [0.4, 0.5) is 11.4 Å². The predicted octanol–water partition coefficient (Wildman–Crippen LogP) is 2.70. The Labute approximate surface area is 125 Å². The summed E-state index contributed by atoms with van der Waals surface area (Å²) in [4.78, 5) is 32.9. The molecule has 1 rings (SSSR count). The van der Waals surface area contributed by atoms with E-state index >= 15 is 0 Å². The van der Waals surface area contributed by atoms with E-state index in [-0.39, 0.29) is 16.4 Å². The van der Waals surface area contributed by atoms with Crippen LogP contribution in [0.1, 0.15) is 13.8 Å². The van der Waals surface area contributed by atoms with E-state index in [0.717, 1.165) is 11.6 Å². The second-order valence-electron chi connectivity index (χ2n) is 4.30. The maximum absolute atomic E-state index is 11.6. The quantitative estimate of drug-likeness (QED) is 0.390. The van der Waals surface area contributed by atoms with E-state index in [1.54, 1.807) is 13.8 Å². The molecule has 0 aliphatic carbocycles. The Bertz CT molecular complexity index is 609. The summed E-state index contributed by atoms with van der Waals surface area (Å²) in [5.74, 6) is -1.29. The lowest BCUT2D eigenvalue weighted by atomic mass is 10.3. The molecule has 0 aliphatic rings. The molecule has 0 aliphatic heterocycles. The summed E-state index contributed by atoms with van der Waals surface area (Å²) in [7, 11) is 0. The summed E-state index contributed by atoms with van der Waals surface area (Å²) in [5, 5.41) is 13.1. The van der Waals surface area contributed by atoms with Crippen molar-refractivity contribution in [3.8, 4) is 0 Å². The highest BCUT2D eigenvalue weighted by atomic mass is 35.5. The number of non-ortho nitro benzene ring substituents is 1. The zero-order valence-corrected chi connectivity index (χ0v) is 12.1. The Hall–Kier alpha value is -2.41. The molecule has 7 nitrogen and oxygen atoms in total. The molecule has 1 N–H and O–H groups in total. The standard InChI is InChI=1S/C13H13ClN2O5/c1-8(2)5-13(18)21-7-12(17)15-11-6-9(16(19)20)3-4-10(11)14/h3-6H,7H2,1-2H3,(H,15,17). The van der Waals surface area contributed by atoms with Gasteiger partial charge in [0.05, 0.1) is 15.6 Å². The fourth-order valence-electron chi connectivity index (χ4n) is 1.32. The van der Waals surface area contributed by atoms with Crippen LogP contribution in [-0.4, -0.2) is 23.4 Å². The summed E-state index contributed by atoms with van der Waals surface area (Å²) in [5.41, 5.74) is 0.604. The van der Waals surface area contributed by atoms with Crippen LogP contribution in [0, 0.1) is 10.1 Å². The number of esters is 1. The third-order valence-electron chi connectivity index (χ3n) is 2.19. The van der Waals surface area contributed by atoms with Crippen LogP contribution in [0.2, 0.25) is 5.02 Å². The van der Waals surface area contributed by atoms with Crippen molar-refractivity contribution in [3.05, 3.63) is 45.0 Å². The molecular weight excluding hydrogens is 300 g/mol. The lowest BCUT2D eigenvalue weighted by Crippen LogP contribution is -2.20. The Balaban J connectivity index is 2.67. The number of hydrogen-bond donors (Lipinski definition) is 1. The molecule has 0 aromatic heterocycles. The zero-order valence-electron chi connectivity index (χ0n) is 11.4. The van der Waals surface area contributed by atoms with Crippen LogP contribution in [-0.2, 0) is 14.3 Å². The number of ether oxygens (including phenoxy) is 1. The SMILES string of the molecule is CC(C)=CC(=O)OCC(=O)Nc1cc([N+](=O)[O-])ccc1Cl. The van der Waals surface area contributed by atoms with Gasteiger partial charge in [0, 0.05) is 18.2 Å². The largest absolute Gasteiger partial charge is 0.452 e. The van der Waals surface area contributed by atoms with Gasteiger partial charge in [0.1, 0.15) is 0 Å². The molecular formula is C13H13ClN2O5. The molecule has 0 radical (unpaired) electrons. The van der Waals surface area contributed by atoms with E-state index in [2.05, 4.69) is 5.32 Å². The highest BCUT2D eigenvalue weighted by Crippen LogP contribution is 2.26. The van der Waals surface area contributed by atoms with E-state index in [9.17, 15) is 19.7 Å². The number of benzene rings is 1. The van der Waals surface area contributed by atoms with Crippen LogP contribution >= 0.6 is 11.6 Å². The predicted molar refractivity (Wildman–Crippen MR) is 77.1 cm³/mol. The van der Waals surface area contributed by atoms with Gasteiger partial charge in [-0.15, -0.1) is 0 Å². The first-order valence-electron chi connectivity index (χ1n) is 5.85. The second kappa shape index (κ2) is 7.39. The minimum Gasteiger partial charge on any atom is -0.452 e. The van der Waals surface area contributed by atoms with Gasteiger partial charge in [-0.1, -0.05) is 17.2 Å². The van der Waals surface area contributed by atoms with E-state index < -0.39 is 23.4 Å². The number of nitro benzene ring substituents is 1. The number of anilines is 1. The molecule has 1 aromatic rings. The monoisotopic (exact) mass is 312 g/mol. The number of nitrogens with one attached hydrogen (secondary N) is 1. The van der Waals surface area contributed by atoms with Crippen LogP contribution < -0.4 is 5.32 Å². The molecule has 1 amide bonds. The molecule has 8 heteroatoms. The van der Waals surface area contributed by atoms with Crippen LogP contribution in [0.25, 0.3) is 0 Å². The molecule has 0 bridgehead atoms. The smallest absolute Gasteiger partial charge is 0.331 e. The average Bonchev–Trinajstić information content (AvgIpc) is 2.38. The van der Waals surface area contributed by atoms with Crippen molar-refractivity contribution in [2.75, 3.05) is 11.9 Å². The lowest BCUT2D eigenvalue weighted by molar-refractivity contribution is -0.384. The van der Waals surface area contributed by atoms with Crippen molar-refractivity contribution in [1.82, 2.24) is 0 Å². The topological polar surface area (TPSA) is 98.5 Å². The number of amides is 1. The van der Waals surface area contributed by atoms with Crippen LogP contribution in [0.15, 0.2) is 29.8 Å². The second-order valence-corrected chi connectivity index (χ2v) is 4.71. The van der Waals surface area contributed by atoms with E-state index in [1.807, 2.05) is 0 Å². The Morgan fingerprint density at radius 2 is 2.10 bits per heavy atom. The van der Waals surface area contributed by atoms with Gasteiger partial charge in [-0.25, -0.2) is 4.79 Å². The van der Waals surface area contributed by atoms with Gasteiger partial charge < -0.3 is 10.1 Å². The Kier molecular flexibility index (Phi) is 5.86. The van der Waals surface area contributed by atoms with Gasteiger partial charge in [-0.3, -0.25) is 14.9 Å². The number of rotatable bonds is 5. The highest BCUT2D eigenvalue weighted by Gasteiger charge is 2.13. The molecule has 112 valence electrons. The molecule has 0 saturated carbocycles. The Morgan fingerprint density at radius 1 is 1.43 bits per heavy atom. The average molecular weight is 313 g/mol.